The van der Waals surface area contributed by atoms with Crippen molar-refractivity contribution in [3.8, 4) is 0 Å². The topological polar surface area (TPSA) is 32.3 Å². The summed E-state index contributed by atoms with van der Waals surface area (Å²) < 4.78 is 13.6. The van der Waals surface area contributed by atoms with Gasteiger partial charge < -0.3 is 5.32 Å². The van der Waals surface area contributed by atoms with E-state index in [1.807, 2.05) is 6.07 Å². The summed E-state index contributed by atoms with van der Waals surface area (Å²) in [5.74, 6) is -0.147. The molecule has 1 N–H and O–H groups in total. The molecule has 2 aliphatic carbocycles. The van der Waals surface area contributed by atoms with Crippen LogP contribution in [0.5, 0.6) is 0 Å². The van der Waals surface area contributed by atoms with Gasteiger partial charge in [0.05, 0.1) is 5.41 Å². The molecule has 1 atom stereocenters. The summed E-state index contributed by atoms with van der Waals surface area (Å²) >= 11 is 0. The summed E-state index contributed by atoms with van der Waals surface area (Å²) in [5.41, 5.74) is 0.361. The minimum atomic E-state index is -0.477. The normalized spacial score (nSPS) is 27.0. The van der Waals surface area contributed by atoms with Crippen molar-refractivity contribution in [2.24, 2.45) is 0 Å². The van der Waals surface area contributed by atoms with E-state index in [0.717, 1.165) is 37.8 Å². The quantitative estimate of drug-likeness (QED) is 0.902. The fourth-order valence-electron chi connectivity index (χ4n) is 4.78. The van der Waals surface area contributed by atoms with Crippen molar-refractivity contribution in [2.75, 3.05) is 13.1 Å². The highest BCUT2D eigenvalue weighted by atomic mass is 19.1. The van der Waals surface area contributed by atoms with Crippen LogP contribution in [0.15, 0.2) is 24.3 Å². The highest BCUT2D eigenvalue weighted by Gasteiger charge is 2.51. The van der Waals surface area contributed by atoms with Crippen molar-refractivity contribution in [2.45, 2.75) is 75.3 Å². The number of likely N-dealkylation sites (tertiary alicyclic amines) is 1. The summed E-state index contributed by atoms with van der Waals surface area (Å²) in [5, 5.41) is 3.31. The van der Waals surface area contributed by atoms with Gasteiger partial charge in [0.25, 0.3) is 0 Å². The van der Waals surface area contributed by atoms with E-state index in [4.69, 9.17) is 0 Å². The van der Waals surface area contributed by atoms with E-state index in [1.165, 1.54) is 50.8 Å². The van der Waals surface area contributed by atoms with Gasteiger partial charge in [0, 0.05) is 18.6 Å². The van der Waals surface area contributed by atoms with Crippen LogP contribution in [0.2, 0.25) is 0 Å². The monoisotopic (exact) mass is 344 g/mol. The number of hydrogen-bond donors (Lipinski definition) is 1. The maximum absolute atomic E-state index is 13.6. The molecule has 1 unspecified atom stereocenters. The molecule has 1 aromatic carbocycles. The van der Waals surface area contributed by atoms with Crippen LogP contribution in [0.4, 0.5) is 4.39 Å². The standard InChI is InChI=1S/C21H29FN2O/c22-17-7-4-6-16(14-17)21(11-12-21)20(25)23-18-8-5-13-24(15-18)19-9-2-1-3-10-19/h4,6-7,14,18-19H,1-3,5,8-13,15H2,(H,23,25). The molecule has 2 saturated carbocycles. The number of carbonyl (C=O) groups excluding carboxylic acids is 1. The molecule has 4 heteroatoms. The van der Waals surface area contributed by atoms with Gasteiger partial charge in [-0.05, 0) is 62.8 Å². The Morgan fingerprint density at radius 3 is 2.64 bits per heavy atom. The minimum Gasteiger partial charge on any atom is -0.351 e. The lowest BCUT2D eigenvalue weighted by atomic mass is 9.91. The van der Waals surface area contributed by atoms with Gasteiger partial charge in [-0.15, -0.1) is 0 Å². The number of benzene rings is 1. The van der Waals surface area contributed by atoms with E-state index in [-0.39, 0.29) is 17.8 Å². The largest absolute Gasteiger partial charge is 0.351 e. The first kappa shape index (κ1) is 17.0. The van der Waals surface area contributed by atoms with Gasteiger partial charge in [0.2, 0.25) is 5.91 Å². The van der Waals surface area contributed by atoms with Crippen molar-refractivity contribution < 1.29 is 9.18 Å². The first-order valence-electron chi connectivity index (χ1n) is 9.98. The molecule has 3 nitrogen and oxygen atoms in total. The zero-order chi connectivity index (χ0) is 17.3. The number of piperidine rings is 1. The number of amides is 1. The maximum atomic E-state index is 13.6. The van der Waals surface area contributed by atoms with E-state index >= 15 is 0 Å². The zero-order valence-corrected chi connectivity index (χ0v) is 15.0. The number of hydrogen-bond acceptors (Lipinski definition) is 2. The second-order valence-corrected chi connectivity index (χ2v) is 8.19. The third-order valence-electron chi connectivity index (χ3n) is 6.44. The zero-order valence-electron chi connectivity index (χ0n) is 15.0. The van der Waals surface area contributed by atoms with E-state index in [1.54, 1.807) is 6.07 Å². The molecular weight excluding hydrogens is 315 g/mol. The van der Waals surface area contributed by atoms with Crippen LogP contribution in [-0.2, 0) is 10.2 Å². The first-order valence-corrected chi connectivity index (χ1v) is 9.98. The van der Waals surface area contributed by atoms with E-state index in [2.05, 4.69) is 10.2 Å². The summed E-state index contributed by atoms with van der Waals surface area (Å²) in [4.78, 5) is 15.5. The summed E-state index contributed by atoms with van der Waals surface area (Å²) in [7, 11) is 0. The highest BCUT2D eigenvalue weighted by molar-refractivity contribution is 5.91. The molecule has 1 heterocycles. The lowest BCUT2D eigenvalue weighted by Crippen LogP contribution is -2.53. The Labute approximate surface area is 150 Å². The summed E-state index contributed by atoms with van der Waals surface area (Å²) in [6.45, 7) is 2.15. The molecule has 0 spiro atoms. The Balaban J connectivity index is 1.39. The smallest absolute Gasteiger partial charge is 0.230 e. The van der Waals surface area contributed by atoms with Gasteiger partial charge in [-0.1, -0.05) is 31.4 Å². The molecule has 1 aromatic rings. The number of nitrogens with one attached hydrogen (secondary N) is 1. The van der Waals surface area contributed by atoms with Crippen LogP contribution >= 0.6 is 0 Å². The molecule has 1 amide bonds. The molecule has 25 heavy (non-hydrogen) atoms. The maximum Gasteiger partial charge on any atom is 0.230 e. The van der Waals surface area contributed by atoms with Gasteiger partial charge in [-0.2, -0.15) is 0 Å². The van der Waals surface area contributed by atoms with Crippen molar-refractivity contribution >= 4 is 5.91 Å². The van der Waals surface area contributed by atoms with Gasteiger partial charge in [0.1, 0.15) is 5.82 Å². The molecule has 1 aliphatic heterocycles. The molecular formula is C21H29FN2O. The van der Waals surface area contributed by atoms with Crippen molar-refractivity contribution in [1.82, 2.24) is 10.2 Å². The Bertz CT molecular complexity index is 622. The van der Waals surface area contributed by atoms with E-state index < -0.39 is 5.41 Å². The predicted molar refractivity (Wildman–Crippen MR) is 96.9 cm³/mol. The van der Waals surface area contributed by atoms with Crippen LogP contribution in [0.3, 0.4) is 0 Å². The van der Waals surface area contributed by atoms with Gasteiger partial charge in [-0.3, -0.25) is 9.69 Å². The van der Waals surface area contributed by atoms with Gasteiger partial charge >= 0.3 is 0 Å². The molecule has 0 bridgehead atoms. The molecule has 0 aromatic heterocycles. The van der Waals surface area contributed by atoms with Crippen LogP contribution in [0.25, 0.3) is 0 Å². The Morgan fingerprint density at radius 2 is 1.92 bits per heavy atom. The van der Waals surface area contributed by atoms with Crippen molar-refractivity contribution in [1.29, 1.82) is 0 Å². The third kappa shape index (κ3) is 3.59. The lowest BCUT2D eigenvalue weighted by Gasteiger charge is -2.40. The van der Waals surface area contributed by atoms with Crippen molar-refractivity contribution in [3.63, 3.8) is 0 Å². The number of nitrogens with zero attached hydrogens (tertiary/aromatic N) is 1. The Kier molecular flexibility index (Phi) is 4.81. The summed E-state index contributed by atoms with van der Waals surface area (Å²) in [6.07, 6.45) is 10.6. The Hall–Kier alpha value is -1.42. The number of rotatable bonds is 4. The van der Waals surface area contributed by atoms with Gasteiger partial charge in [-0.25, -0.2) is 4.39 Å². The van der Waals surface area contributed by atoms with Crippen molar-refractivity contribution in [3.05, 3.63) is 35.6 Å². The van der Waals surface area contributed by atoms with Crippen LogP contribution in [0.1, 0.15) is 63.4 Å². The van der Waals surface area contributed by atoms with E-state index in [9.17, 15) is 9.18 Å². The molecule has 0 radical (unpaired) electrons. The lowest BCUT2D eigenvalue weighted by molar-refractivity contribution is -0.124. The SMILES string of the molecule is O=C(NC1CCCN(C2CCCCC2)C1)C1(c2cccc(F)c2)CC1. The highest BCUT2D eigenvalue weighted by Crippen LogP contribution is 2.48. The Morgan fingerprint density at radius 1 is 1.12 bits per heavy atom. The van der Waals surface area contributed by atoms with Crippen LogP contribution in [0, 0.1) is 5.82 Å². The number of carbonyl (C=O) groups is 1. The molecule has 3 aliphatic rings. The first-order chi connectivity index (χ1) is 12.2. The number of halogens is 1. The molecule has 1 saturated heterocycles. The molecule has 136 valence electrons. The second-order valence-electron chi connectivity index (χ2n) is 8.19. The van der Waals surface area contributed by atoms with Gasteiger partial charge in [0.15, 0.2) is 0 Å². The second kappa shape index (κ2) is 7.06. The summed E-state index contributed by atoms with van der Waals surface area (Å²) in [6, 6.07) is 7.54. The predicted octanol–water partition coefficient (Wildman–Crippen LogP) is 3.77. The molecule has 4 rings (SSSR count). The van der Waals surface area contributed by atoms with E-state index in [0.29, 0.717) is 6.04 Å². The minimum absolute atomic E-state index is 0.105. The third-order valence-corrected chi connectivity index (χ3v) is 6.44. The fraction of sp³-hybridized carbons (Fsp3) is 0.667. The average molecular weight is 344 g/mol. The van der Waals surface area contributed by atoms with Crippen LogP contribution < -0.4 is 5.32 Å². The van der Waals surface area contributed by atoms with Crippen LogP contribution in [-0.4, -0.2) is 36.0 Å². The fourth-order valence-corrected chi connectivity index (χ4v) is 4.78. The molecule has 3 fully saturated rings. The average Bonchev–Trinajstić information content (AvgIpc) is 3.45.